The van der Waals surface area contributed by atoms with Crippen molar-refractivity contribution in [3.8, 4) is 0 Å². The highest BCUT2D eigenvalue weighted by Crippen LogP contribution is 2.19. The van der Waals surface area contributed by atoms with Crippen LogP contribution in [0, 0.1) is 5.92 Å². The van der Waals surface area contributed by atoms with E-state index in [1.165, 1.54) is 116 Å². The Morgan fingerprint density at radius 1 is 0.341 bits per heavy atom. The first-order valence-electron chi connectivity index (χ1n) is 36.0. The van der Waals surface area contributed by atoms with Crippen LogP contribution in [0.1, 0.15) is 218 Å². The molecule has 0 aliphatic rings. The Hall–Kier alpha value is -1.27. The zero-order valence-corrected chi connectivity index (χ0v) is 58.5. The number of hydrogen-bond donors (Lipinski definition) is 8. The summed E-state index contributed by atoms with van der Waals surface area (Å²) in [5, 5.41) is 68.9. The lowest BCUT2D eigenvalue weighted by Gasteiger charge is -2.33. The highest BCUT2D eigenvalue weighted by Gasteiger charge is 2.26. The van der Waals surface area contributed by atoms with Gasteiger partial charge in [0, 0.05) is 33.0 Å². The van der Waals surface area contributed by atoms with Gasteiger partial charge in [-0.3, -0.25) is 9.59 Å². The molecule has 0 aromatic carbocycles. The number of unbranched alkanes of at least 4 members (excludes halogenated alkanes) is 25. The number of amides is 2. The first kappa shape index (κ1) is 86.7. The lowest BCUT2D eigenvalue weighted by Crippen LogP contribution is -2.47. The zero-order valence-electron chi connectivity index (χ0n) is 58.5. The highest BCUT2D eigenvalue weighted by atomic mass is 16.5. The van der Waals surface area contributed by atoms with E-state index in [-0.39, 0.29) is 17.7 Å². The summed E-state index contributed by atoms with van der Waals surface area (Å²) < 4.78 is 15.7. The minimum Gasteiger partial charge on any atom is -0.437 e. The quantitative estimate of drug-likeness (QED) is 0.0211. The van der Waals surface area contributed by atoms with Gasteiger partial charge in [0.1, 0.15) is 0 Å². The molecule has 0 spiro atoms. The number of ether oxygens (including phenoxy) is 3. The zero-order chi connectivity index (χ0) is 65.3. The Labute approximate surface area is 543 Å². The molecular weight excluding hydrogens is 1110 g/mol. The van der Waals surface area contributed by atoms with Crippen LogP contribution in [0.15, 0.2) is 0 Å². The van der Waals surface area contributed by atoms with Crippen LogP contribution in [0.5, 0.6) is 0 Å². The number of carbonyl (C=O) groups is 2. The summed E-state index contributed by atoms with van der Waals surface area (Å²) in [5.74, 6) is 0.464. The summed E-state index contributed by atoms with van der Waals surface area (Å²) >= 11 is 0. The van der Waals surface area contributed by atoms with E-state index < -0.39 is 42.3 Å². The van der Waals surface area contributed by atoms with E-state index in [0.29, 0.717) is 65.5 Å². The largest absolute Gasteiger partial charge is 0.437 e. The van der Waals surface area contributed by atoms with Crippen molar-refractivity contribution in [2.75, 3.05) is 133 Å². The SMILES string of the molecule is COCCOCCOCCC(=O)NCCCCCCCCCCCCCCCCCCCCCCCC(=O)NCCCCCCC(CN(CCCCN(CCCN(C)B(C)O)B(C)O)B(C)O)CN(CCCCN(CCCN(C)B(C)O)B(C)O)B(C)O. The van der Waals surface area contributed by atoms with Crippen LogP contribution < -0.4 is 10.6 Å². The van der Waals surface area contributed by atoms with Crippen molar-refractivity contribution < 1.29 is 53.9 Å². The summed E-state index contributed by atoms with van der Waals surface area (Å²) in [7, 11) is 2.08. The maximum absolute atomic E-state index is 12.7. The van der Waals surface area contributed by atoms with Crippen molar-refractivity contribution in [1.29, 1.82) is 0 Å². The molecule has 0 fully saturated rings. The third-order valence-electron chi connectivity index (χ3n) is 17.6. The second kappa shape index (κ2) is 61.9. The molecular formula is C63H138B6N8O11. The average Bonchev–Trinajstić information content (AvgIpc) is 3.54. The van der Waals surface area contributed by atoms with Crippen molar-refractivity contribution in [2.24, 2.45) is 5.92 Å². The fourth-order valence-corrected chi connectivity index (χ4v) is 11.4. The van der Waals surface area contributed by atoms with Gasteiger partial charge in [0.15, 0.2) is 0 Å². The summed E-state index contributed by atoms with van der Waals surface area (Å²) in [6, 6.07) is 0. The molecule has 0 rings (SSSR count). The predicted octanol–water partition coefficient (Wildman–Crippen LogP) is 8.51. The third kappa shape index (κ3) is 55.2. The van der Waals surface area contributed by atoms with E-state index in [1.807, 2.05) is 37.4 Å². The van der Waals surface area contributed by atoms with Crippen LogP contribution in [0.4, 0.5) is 0 Å². The van der Waals surface area contributed by atoms with Gasteiger partial charge < -0.3 is 83.9 Å². The van der Waals surface area contributed by atoms with Crippen molar-refractivity contribution >= 4 is 54.1 Å². The Balaban J connectivity index is 4.44. The summed E-state index contributed by atoms with van der Waals surface area (Å²) in [4.78, 5) is 36.9. The molecule has 0 aliphatic carbocycles. The molecule has 0 atom stereocenters. The predicted molar refractivity (Wildman–Crippen MR) is 375 cm³/mol. The second-order valence-corrected chi connectivity index (χ2v) is 25.8. The average molecular weight is 1250 g/mol. The molecule has 0 saturated heterocycles. The maximum Gasteiger partial charge on any atom is 0.376 e. The van der Waals surface area contributed by atoms with E-state index in [4.69, 9.17) is 14.2 Å². The van der Waals surface area contributed by atoms with E-state index in [9.17, 15) is 39.7 Å². The van der Waals surface area contributed by atoms with Crippen LogP contribution in [-0.4, -0.2) is 246 Å². The molecule has 0 bridgehead atoms. The smallest absolute Gasteiger partial charge is 0.376 e. The van der Waals surface area contributed by atoms with Gasteiger partial charge in [-0.25, -0.2) is 0 Å². The Morgan fingerprint density at radius 3 is 0.989 bits per heavy atom. The number of carbonyl (C=O) groups excluding carboxylic acids is 2. The molecule has 88 heavy (non-hydrogen) atoms. The molecule has 8 N–H and O–H groups in total. The Morgan fingerprint density at radius 2 is 0.636 bits per heavy atom. The van der Waals surface area contributed by atoms with E-state index in [0.717, 1.165) is 149 Å². The normalized spacial score (nSPS) is 11.9. The van der Waals surface area contributed by atoms with Gasteiger partial charge in [-0.05, 0) is 191 Å². The first-order chi connectivity index (χ1) is 42.4. The van der Waals surface area contributed by atoms with Crippen LogP contribution in [-0.2, 0) is 23.8 Å². The highest BCUT2D eigenvalue weighted by molar-refractivity contribution is 6.46. The van der Waals surface area contributed by atoms with Crippen LogP contribution in [0.25, 0.3) is 0 Å². The number of hydrogen-bond acceptors (Lipinski definition) is 17. The van der Waals surface area contributed by atoms with Crippen molar-refractivity contribution in [1.82, 2.24) is 39.5 Å². The molecule has 514 valence electrons. The lowest BCUT2D eigenvalue weighted by molar-refractivity contribution is -0.122. The number of methoxy groups -OCH3 is 1. The van der Waals surface area contributed by atoms with Gasteiger partial charge in [0.25, 0.3) is 0 Å². The molecule has 2 amide bonds. The van der Waals surface area contributed by atoms with E-state index in [2.05, 4.69) is 29.9 Å². The molecule has 0 radical (unpaired) electrons. The van der Waals surface area contributed by atoms with E-state index in [1.54, 1.807) is 34.4 Å². The van der Waals surface area contributed by atoms with Crippen LogP contribution in [0.2, 0.25) is 40.9 Å². The van der Waals surface area contributed by atoms with Crippen molar-refractivity contribution in [3.05, 3.63) is 0 Å². The standard InChI is InChI=1S/C63H138B6N8O11/c1-64(80)72(7)46-39-52-74(66(3)82)48-35-37-50-76(68(5)84)59-61(60-77(69(6)85)51-38-36-49-75(67(4)83)53-40-47-73(8)65(2)81)41-31-28-30-34-44-70-62(78)42-32-27-25-23-21-19-17-15-13-11-10-12-14-16-18-20-22-24-26-29-33-45-71-63(79)43-54-87-57-58-88-56-55-86-9/h61,80-85H,10-60H2,1-9H3,(H,70,78)(H,71,79). The third-order valence-corrected chi connectivity index (χ3v) is 17.6. The molecule has 19 nitrogen and oxygen atoms in total. The van der Waals surface area contributed by atoms with E-state index >= 15 is 0 Å². The van der Waals surface area contributed by atoms with Gasteiger partial charge >= 0.3 is 42.3 Å². The fourth-order valence-electron chi connectivity index (χ4n) is 11.4. The molecule has 0 aliphatic heterocycles. The molecule has 0 aromatic rings. The van der Waals surface area contributed by atoms with Crippen molar-refractivity contribution in [3.63, 3.8) is 0 Å². The number of nitrogens with zero attached hydrogens (tertiary/aromatic N) is 6. The number of rotatable bonds is 68. The minimum atomic E-state index is -0.620. The molecule has 0 heterocycles. The monoisotopic (exact) mass is 1250 g/mol. The molecule has 0 saturated carbocycles. The van der Waals surface area contributed by atoms with Crippen molar-refractivity contribution in [2.45, 2.75) is 259 Å². The summed E-state index contributed by atoms with van der Waals surface area (Å²) in [6.45, 7) is 22.3. The Kier molecular flexibility index (Phi) is 61.0. The molecule has 0 unspecified atom stereocenters. The second-order valence-electron chi connectivity index (χ2n) is 25.8. The maximum atomic E-state index is 12.7. The summed E-state index contributed by atoms with van der Waals surface area (Å²) in [5.41, 5.74) is 0. The van der Waals surface area contributed by atoms with Gasteiger partial charge in [0.2, 0.25) is 11.8 Å². The molecule has 25 heteroatoms. The van der Waals surface area contributed by atoms with Gasteiger partial charge in [-0.15, -0.1) is 0 Å². The van der Waals surface area contributed by atoms with Gasteiger partial charge in [0.05, 0.1) is 33.0 Å². The summed E-state index contributed by atoms with van der Waals surface area (Å²) in [6.07, 6.45) is 38.3. The van der Waals surface area contributed by atoms with Gasteiger partial charge in [-0.1, -0.05) is 141 Å². The lowest BCUT2D eigenvalue weighted by atomic mass is 9.80. The number of nitrogens with one attached hydrogen (secondary N) is 2. The first-order valence-corrected chi connectivity index (χ1v) is 36.0. The Bertz CT molecular complexity index is 1480. The van der Waals surface area contributed by atoms with Crippen LogP contribution >= 0.6 is 0 Å². The topological polar surface area (TPSA) is 227 Å². The minimum absolute atomic E-state index is 0.0659. The molecule has 0 aromatic heterocycles. The van der Waals surface area contributed by atoms with Crippen LogP contribution in [0.3, 0.4) is 0 Å². The van der Waals surface area contributed by atoms with Gasteiger partial charge in [-0.2, -0.15) is 0 Å². The fraction of sp³-hybridized carbons (Fsp3) is 0.968.